The fourth-order valence-electron chi connectivity index (χ4n) is 1.97. The van der Waals surface area contributed by atoms with Gasteiger partial charge in [-0.3, -0.25) is 5.41 Å². The zero-order valence-electron chi connectivity index (χ0n) is 10.7. The van der Waals surface area contributed by atoms with Gasteiger partial charge in [-0.05, 0) is 35.0 Å². The number of hydrogen-bond donors (Lipinski definition) is 2. The number of benzene rings is 2. The highest BCUT2D eigenvalue weighted by molar-refractivity contribution is 5.93. The Balaban J connectivity index is 1.87. The highest BCUT2D eigenvalue weighted by Gasteiger charge is 2.02. The number of fused-ring (bicyclic) bond motifs is 1. The van der Waals surface area contributed by atoms with Crippen molar-refractivity contribution in [3.63, 3.8) is 0 Å². The first-order chi connectivity index (χ1) is 9.72. The number of nitrogens with zero attached hydrogens (tertiary/aromatic N) is 1. The largest absolute Gasteiger partial charge is 0.456 e. The lowest BCUT2D eigenvalue weighted by molar-refractivity contribution is 0.481. The molecule has 0 aliphatic carbocycles. The molecule has 1 aromatic heterocycles. The normalized spacial score (nSPS) is 10.4. The molecule has 0 radical (unpaired) electrons. The predicted octanol–water partition coefficient (Wildman–Crippen LogP) is 3.31. The van der Waals surface area contributed by atoms with Crippen LogP contribution in [-0.4, -0.2) is 10.8 Å². The van der Waals surface area contributed by atoms with E-state index in [-0.39, 0.29) is 5.84 Å². The molecule has 3 N–H and O–H groups in total. The molecule has 0 aliphatic rings. The van der Waals surface area contributed by atoms with E-state index in [9.17, 15) is 0 Å². The van der Waals surface area contributed by atoms with Crippen molar-refractivity contribution in [2.24, 2.45) is 5.73 Å². The van der Waals surface area contributed by atoms with E-state index in [1.54, 1.807) is 18.3 Å². The minimum Gasteiger partial charge on any atom is -0.456 e. The third kappa shape index (κ3) is 2.44. The van der Waals surface area contributed by atoms with Crippen molar-refractivity contribution < 1.29 is 4.74 Å². The summed E-state index contributed by atoms with van der Waals surface area (Å²) in [7, 11) is 0. The number of hydrogen-bond acceptors (Lipinski definition) is 3. The number of aromatic nitrogens is 1. The lowest BCUT2D eigenvalue weighted by Crippen LogP contribution is -2.12. The van der Waals surface area contributed by atoms with E-state index in [4.69, 9.17) is 15.9 Å². The Bertz CT molecular complexity index is 766. The Labute approximate surface area is 116 Å². The van der Waals surface area contributed by atoms with Gasteiger partial charge in [0.2, 0.25) is 0 Å². The zero-order valence-corrected chi connectivity index (χ0v) is 10.7. The summed E-state index contributed by atoms with van der Waals surface area (Å²) in [6.07, 6.45) is 1.56. The lowest BCUT2D eigenvalue weighted by Gasteiger charge is -2.07. The third-order valence-corrected chi connectivity index (χ3v) is 2.97. The van der Waals surface area contributed by atoms with Crippen molar-refractivity contribution >= 4 is 16.6 Å². The minimum absolute atomic E-state index is 0.0535. The van der Waals surface area contributed by atoms with Crippen molar-refractivity contribution in [3.8, 4) is 11.5 Å². The topological polar surface area (TPSA) is 72.0 Å². The van der Waals surface area contributed by atoms with Crippen LogP contribution < -0.4 is 10.5 Å². The van der Waals surface area contributed by atoms with Crippen molar-refractivity contribution in [2.45, 2.75) is 0 Å². The number of amidine groups is 1. The average molecular weight is 263 g/mol. The van der Waals surface area contributed by atoms with Crippen LogP contribution in [0.4, 0.5) is 0 Å². The smallest absolute Gasteiger partial charge is 0.145 e. The molecule has 0 saturated heterocycles. The molecule has 0 unspecified atom stereocenters. The van der Waals surface area contributed by atoms with Gasteiger partial charge in [0.15, 0.2) is 0 Å². The van der Waals surface area contributed by atoms with Crippen LogP contribution in [0.5, 0.6) is 11.5 Å². The molecule has 2 aromatic carbocycles. The molecule has 98 valence electrons. The molecule has 0 atom stereocenters. The van der Waals surface area contributed by atoms with Gasteiger partial charge in [-0.1, -0.05) is 30.3 Å². The molecule has 0 spiro atoms. The van der Waals surface area contributed by atoms with Gasteiger partial charge in [0.25, 0.3) is 0 Å². The number of rotatable bonds is 3. The first-order valence-electron chi connectivity index (χ1n) is 6.19. The summed E-state index contributed by atoms with van der Waals surface area (Å²) in [5, 5.41) is 9.59. The molecule has 4 nitrogen and oxygen atoms in total. The van der Waals surface area contributed by atoms with E-state index < -0.39 is 0 Å². The van der Waals surface area contributed by atoms with Crippen molar-refractivity contribution in [2.75, 3.05) is 0 Å². The molecule has 4 heteroatoms. The SMILES string of the molecule is N=C(N)c1ccc(Oc2ccc3ccccc3c2)cn1. The standard InChI is InChI=1S/C16H13N3O/c17-16(18)15-8-7-14(10-19-15)20-13-6-5-11-3-1-2-4-12(11)9-13/h1-10H,(H3,17,18). The number of nitrogens with one attached hydrogen (secondary N) is 1. The van der Waals surface area contributed by atoms with Crippen LogP contribution in [0.15, 0.2) is 60.8 Å². The molecule has 20 heavy (non-hydrogen) atoms. The van der Waals surface area contributed by atoms with E-state index in [2.05, 4.69) is 11.1 Å². The molecule has 3 aromatic rings. The summed E-state index contributed by atoms with van der Waals surface area (Å²) >= 11 is 0. The van der Waals surface area contributed by atoms with Crippen LogP contribution in [0.1, 0.15) is 5.69 Å². The average Bonchev–Trinajstić information content (AvgIpc) is 2.48. The van der Waals surface area contributed by atoms with Crippen molar-refractivity contribution in [1.29, 1.82) is 5.41 Å². The number of pyridine rings is 1. The van der Waals surface area contributed by atoms with Crippen LogP contribution in [0.3, 0.4) is 0 Å². The summed E-state index contributed by atoms with van der Waals surface area (Å²) < 4.78 is 5.75. The molecule has 0 fully saturated rings. The fourth-order valence-corrected chi connectivity index (χ4v) is 1.97. The van der Waals surface area contributed by atoms with Gasteiger partial charge in [-0.15, -0.1) is 0 Å². The highest BCUT2D eigenvalue weighted by atomic mass is 16.5. The third-order valence-electron chi connectivity index (χ3n) is 2.97. The van der Waals surface area contributed by atoms with E-state index in [0.29, 0.717) is 11.4 Å². The molecular formula is C16H13N3O. The monoisotopic (exact) mass is 263 g/mol. The van der Waals surface area contributed by atoms with Gasteiger partial charge >= 0.3 is 0 Å². The van der Waals surface area contributed by atoms with Crippen LogP contribution in [0.25, 0.3) is 10.8 Å². The van der Waals surface area contributed by atoms with Gasteiger partial charge in [-0.2, -0.15) is 0 Å². The van der Waals surface area contributed by atoms with Crippen LogP contribution >= 0.6 is 0 Å². The minimum atomic E-state index is -0.0535. The predicted molar refractivity (Wildman–Crippen MR) is 79.3 cm³/mol. The summed E-state index contributed by atoms with van der Waals surface area (Å²) in [6.45, 7) is 0. The van der Waals surface area contributed by atoms with Gasteiger partial charge < -0.3 is 10.5 Å². The number of nitrogens with two attached hydrogens (primary N) is 1. The molecular weight excluding hydrogens is 250 g/mol. The Morgan fingerprint density at radius 2 is 1.70 bits per heavy atom. The van der Waals surface area contributed by atoms with Gasteiger partial charge in [0.1, 0.15) is 23.0 Å². The summed E-state index contributed by atoms with van der Waals surface area (Å²) in [5.41, 5.74) is 5.80. The maximum atomic E-state index is 7.29. The molecule has 0 bridgehead atoms. The van der Waals surface area contributed by atoms with Crippen molar-refractivity contribution in [1.82, 2.24) is 4.98 Å². The first kappa shape index (κ1) is 12.2. The van der Waals surface area contributed by atoms with Gasteiger partial charge in [0.05, 0.1) is 6.20 Å². The second kappa shape index (κ2) is 5.01. The maximum Gasteiger partial charge on any atom is 0.145 e. The molecule has 0 saturated carbocycles. The molecule has 3 rings (SSSR count). The molecule has 0 amide bonds. The Hall–Kier alpha value is -2.88. The van der Waals surface area contributed by atoms with Crippen molar-refractivity contribution in [3.05, 3.63) is 66.5 Å². The second-order valence-electron chi connectivity index (χ2n) is 4.40. The van der Waals surface area contributed by atoms with Crippen LogP contribution in [0, 0.1) is 5.41 Å². The van der Waals surface area contributed by atoms with Gasteiger partial charge in [0, 0.05) is 0 Å². The summed E-state index contributed by atoms with van der Waals surface area (Å²) in [4.78, 5) is 4.06. The molecule has 1 heterocycles. The van der Waals surface area contributed by atoms with E-state index >= 15 is 0 Å². The maximum absolute atomic E-state index is 7.29. The van der Waals surface area contributed by atoms with Crippen LogP contribution in [-0.2, 0) is 0 Å². The Morgan fingerprint density at radius 3 is 2.40 bits per heavy atom. The van der Waals surface area contributed by atoms with Crippen LogP contribution in [0.2, 0.25) is 0 Å². The number of nitrogen functional groups attached to an aromatic ring is 1. The second-order valence-corrected chi connectivity index (χ2v) is 4.40. The number of ether oxygens (including phenoxy) is 1. The van der Waals surface area contributed by atoms with Gasteiger partial charge in [-0.25, -0.2) is 4.98 Å². The van der Waals surface area contributed by atoms with E-state index in [1.807, 2.05) is 36.4 Å². The lowest BCUT2D eigenvalue weighted by atomic mass is 10.1. The Morgan fingerprint density at radius 1 is 0.950 bits per heavy atom. The first-order valence-corrected chi connectivity index (χ1v) is 6.19. The summed E-state index contributed by atoms with van der Waals surface area (Å²) in [6, 6.07) is 17.4. The molecule has 0 aliphatic heterocycles. The highest BCUT2D eigenvalue weighted by Crippen LogP contribution is 2.25. The quantitative estimate of drug-likeness (QED) is 0.562. The summed E-state index contributed by atoms with van der Waals surface area (Å²) in [5.74, 6) is 1.31. The van der Waals surface area contributed by atoms with E-state index in [0.717, 1.165) is 11.1 Å². The zero-order chi connectivity index (χ0) is 13.9. The Kier molecular flexibility index (Phi) is 3.05. The van der Waals surface area contributed by atoms with E-state index in [1.165, 1.54) is 5.39 Å². The fraction of sp³-hybridized carbons (Fsp3) is 0.